The number of aliphatic imine (C=N–C) groups is 1. The summed E-state index contributed by atoms with van der Waals surface area (Å²) in [5.74, 6) is -2.05. The highest BCUT2D eigenvalue weighted by Crippen LogP contribution is 2.42. The lowest BCUT2D eigenvalue weighted by Crippen LogP contribution is -2.32. The molecule has 0 aromatic heterocycles. The van der Waals surface area contributed by atoms with Gasteiger partial charge in [-0.3, -0.25) is 19.3 Å². The maximum Gasteiger partial charge on any atom is 0.323 e. The minimum atomic E-state index is -1.12. The second-order valence-corrected chi connectivity index (χ2v) is 7.70. The van der Waals surface area contributed by atoms with Crippen molar-refractivity contribution >= 4 is 51.7 Å². The molecule has 0 spiro atoms. The first-order valence-corrected chi connectivity index (χ1v) is 9.70. The van der Waals surface area contributed by atoms with Gasteiger partial charge in [-0.15, -0.1) is 0 Å². The normalized spacial score (nSPS) is 19.7. The van der Waals surface area contributed by atoms with E-state index in [1.807, 2.05) is 32.0 Å². The van der Waals surface area contributed by atoms with Gasteiger partial charge in [0, 0.05) is 5.56 Å². The van der Waals surface area contributed by atoms with Crippen LogP contribution in [-0.2, 0) is 14.4 Å². The summed E-state index contributed by atoms with van der Waals surface area (Å²) in [4.78, 5) is 42.7. The minimum Gasteiger partial charge on any atom is -0.480 e. The Morgan fingerprint density at radius 2 is 1.90 bits per heavy atom. The van der Waals surface area contributed by atoms with Crippen molar-refractivity contribution in [1.29, 1.82) is 0 Å². The molecule has 2 aliphatic heterocycles. The number of rotatable bonds is 3. The summed E-state index contributed by atoms with van der Waals surface area (Å²) in [6.07, 6.45) is 0. The number of hydrogen-bond donors (Lipinski definition) is 2. The third-order valence-electron chi connectivity index (χ3n) is 4.87. The van der Waals surface area contributed by atoms with Crippen LogP contribution in [0.1, 0.15) is 16.7 Å². The summed E-state index contributed by atoms with van der Waals surface area (Å²) in [6.45, 7) is 3.47. The zero-order valence-electron chi connectivity index (χ0n) is 15.7. The van der Waals surface area contributed by atoms with Crippen LogP contribution in [0.25, 0.3) is 5.57 Å². The Labute approximate surface area is 171 Å². The fourth-order valence-corrected chi connectivity index (χ4v) is 4.22. The Bertz CT molecular complexity index is 1140. The fraction of sp³-hybridized carbons (Fsp3) is 0.143. The monoisotopic (exact) mass is 407 g/mol. The van der Waals surface area contributed by atoms with E-state index in [9.17, 15) is 14.4 Å². The molecule has 2 N–H and O–H groups in total. The summed E-state index contributed by atoms with van der Waals surface area (Å²) in [5, 5.41) is 12.3. The first kappa shape index (κ1) is 18.9. The van der Waals surface area contributed by atoms with E-state index in [4.69, 9.17) is 5.11 Å². The van der Waals surface area contributed by atoms with Crippen molar-refractivity contribution in [1.82, 2.24) is 5.32 Å². The number of nitrogens with zero attached hydrogens (tertiary/aromatic N) is 2. The van der Waals surface area contributed by atoms with E-state index in [-0.39, 0.29) is 10.5 Å². The summed E-state index contributed by atoms with van der Waals surface area (Å²) in [7, 11) is 0. The van der Waals surface area contributed by atoms with Crippen LogP contribution in [0.15, 0.2) is 52.4 Å². The lowest BCUT2D eigenvalue weighted by atomic mass is 10.1. The molecular weight excluding hydrogens is 390 g/mol. The zero-order chi connectivity index (χ0) is 20.7. The number of benzene rings is 2. The highest BCUT2D eigenvalue weighted by Gasteiger charge is 2.39. The minimum absolute atomic E-state index is 0.204. The van der Waals surface area contributed by atoms with E-state index in [1.165, 1.54) is 4.90 Å². The molecule has 0 atom stereocenters. The highest BCUT2D eigenvalue weighted by atomic mass is 32.2. The second-order valence-electron chi connectivity index (χ2n) is 6.70. The number of aryl methyl sites for hydroxylation is 1. The Kier molecular flexibility index (Phi) is 4.71. The fourth-order valence-electron chi connectivity index (χ4n) is 3.30. The number of thioether (sulfide) groups is 1. The molecule has 7 nitrogen and oxygen atoms in total. The Morgan fingerprint density at radius 1 is 1.14 bits per heavy atom. The summed E-state index contributed by atoms with van der Waals surface area (Å²) in [6, 6.07) is 12.6. The van der Waals surface area contributed by atoms with E-state index in [0.29, 0.717) is 16.4 Å². The Morgan fingerprint density at radius 3 is 2.66 bits per heavy atom. The molecule has 0 unspecified atom stereocenters. The standard InChI is InChI=1S/C21H17N3O4S/c1-11-6-5-8-14(12(11)2)22-21-23-19(27)18(29-21)17-13-7-3-4-9-15(13)24(20(17)28)10-16(25)26/h3-9H,10H2,1-2H3,(H,25,26)(H,22,23,27)/b18-17+. The average Bonchev–Trinajstić information content (AvgIpc) is 3.16. The van der Waals surface area contributed by atoms with Crippen molar-refractivity contribution in [2.24, 2.45) is 4.99 Å². The number of anilines is 1. The molecule has 29 heavy (non-hydrogen) atoms. The second kappa shape index (κ2) is 7.21. The molecule has 2 amide bonds. The van der Waals surface area contributed by atoms with E-state index in [0.717, 1.165) is 28.6 Å². The van der Waals surface area contributed by atoms with Crippen LogP contribution in [0.2, 0.25) is 0 Å². The largest absolute Gasteiger partial charge is 0.480 e. The summed E-state index contributed by atoms with van der Waals surface area (Å²) >= 11 is 1.09. The Hall–Kier alpha value is -3.39. The van der Waals surface area contributed by atoms with Crippen LogP contribution in [0.4, 0.5) is 11.4 Å². The first-order valence-electron chi connectivity index (χ1n) is 8.88. The van der Waals surface area contributed by atoms with Crippen molar-refractivity contribution in [3.8, 4) is 0 Å². The number of amidine groups is 1. The van der Waals surface area contributed by atoms with E-state index in [2.05, 4.69) is 10.3 Å². The summed E-state index contributed by atoms with van der Waals surface area (Å²) < 4.78 is 0. The molecular formula is C21H17N3O4S. The molecule has 0 bridgehead atoms. The van der Waals surface area contributed by atoms with Crippen molar-refractivity contribution < 1.29 is 19.5 Å². The van der Waals surface area contributed by atoms with Gasteiger partial charge in [0.15, 0.2) is 5.17 Å². The molecule has 2 aliphatic rings. The number of carboxylic acid groups (broad SMARTS) is 1. The van der Waals surface area contributed by atoms with Gasteiger partial charge in [-0.25, -0.2) is 4.99 Å². The number of carboxylic acids is 1. The van der Waals surface area contributed by atoms with E-state index < -0.39 is 24.3 Å². The first-order chi connectivity index (χ1) is 13.9. The van der Waals surface area contributed by atoms with Crippen LogP contribution in [0.5, 0.6) is 0 Å². The lowest BCUT2D eigenvalue weighted by molar-refractivity contribution is -0.136. The number of para-hydroxylation sites is 1. The number of nitrogens with one attached hydrogen (secondary N) is 1. The molecule has 0 radical (unpaired) electrons. The highest BCUT2D eigenvalue weighted by molar-refractivity contribution is 8.18. The number of hydrogen-bond acceptors (Lipinski definition) is 5. The van der Waals surface area contributed by atoms with Crippen molar-refractivity contribution in [3.05, 3.63) is 64.1 Å². The van der Waals surface area contributed by atoms with Crippen LogP contribution in [-0.4, -0.2) is 34.6 Å². The van der Waals surface area contributed by atoms with Gasteiger partial charge in [-0.1, -0.05) is 30.3 Å². The number of carbonyl (C=O) groups is 3. The number of carbonyl (C=O) groups excluding carboxylic acids is 2. The van der Waals surface area contributed by atoms with Crippen LogP contribution in [0.3, 0.4) is 0 Å². The van der Waals surface area contributed by atoms with Gasteiger partial charge in [-0.05, 0) is 48.9 Å². The summed E-state index contributed by atoms with van der Waals surface area (Å²) in [5.41, 5.74) is 4.06. The van der Waals surface area contributed by atoms with Crippen LogP contribution in [0, 0.1) is 13.8 Å². The predicted octanol–water partition coefficient (Wildman–Crippen LogP) is 3.00. The van der Waals surface area contributed by atoms with Crippen LogP contribution < -0.4 is 10.2 Å². The SMILES string of the molecule is Cc1cccc(N=C2NC(=O)/C(=C3\C(=O)N(CC(=O)O)c4ccccc43)S2)c1C. The van der Waals surface area contributed by atoms with Gasteiger partial charge < -0.3 is 10.4 Å². The number of aliphatic carboxylic acids is 1. The molecule has 4 rings (SSSR count). The van der Waals surface area contributed by atoms with Crippen LogP contribution >= 0.6 is 11.8 Å². The smallest absolute Gasteiger partial charge is 0.323 e. The molecule has 2 aromatic rings. The topological polar surface area (TPSA) is 99.1 Å². The predicted molar refractivity (Wildman–Crippen MR) is 112 cm³/mol. The van der Waals surface area contributed by atoms with E-state index >= 15 is 0 Å². The maximum absolute atomic E-state index is 13.0. The van der Waals surface area contributed by atoms with Crippen molar-refractivity contribution in [2.75, 3.05) is 11.4 Å². The molecule has 8 heteroatoms. The molecule has 1 saturated heterocycles. The average molecular weight is 407 g/mol. The maximum atomic E-state index is 13.0. The zero-order valence-corrected chi connectivity index (χ0v) is 16.5. The quantitative estimate of drug-likeness (QED) is 0.762. The van der Waals surface area contributed by atoms with Gasteiger partial charge in [0.1, 0.15) is 6.54 Å². The van der Waals surface area contributed by atoms with E-state index in [1.54, 1.807) is 24.3 Å². The molecule has 0 aliphatic carbocycles. The third kappa shape index (κ3) is 3.31. The van der Waals surface area contributed by atoms with Crippen molar-refractivity contribution in [2.45, 2.75) is 13.8 Å². The molecule has 146 valence electrons. The van der Waals surface area contributed by atoms with Gasteiger partial charge in [-0.2, -0.15) is 0 Å². The molecule has 1 fully saturated rings. The third-order valence-corrected chi connectivity index (χ3v) is 5.85. The molecule has 2 heterocycles. The number of fused-ring (bicyclic) bond motifs is 1. The number of amides is 2. The van der Waals surface area contributed by atoms with Gasteiger partial charge in [0.05, 0.1) is 21.9 Å². The molecule has 2 aromatic carbocycles. The molecule has 0 saturated carbocycles. The Balaban J connectivity index is 1.77. The van der Waals surface area contributed by atoms with Gasteiger partial charge in [0.2, 0.25) is 0 Å². The van der Waals surface area contributed by atoms with Crippen molar-refractivity contribution in [3.63, 3.8) is 0 Å². The lowest BCUT2D eigenvalue weighted by Gasteiger charge is -2.13. The van der Waals surface area contributed by atoms with Gasteiger partial charge >= 0.3 is 5.97 Å². The van der Waals surface area contributed by atoms with Gasteiger partial charge in [0.25, 0.3) is 11.8 Å².